The molecule has 0 aliphatic carbocycles. The molecule has 2 atom stereocenters. The van der Waals surface area contributed by atoms with Crippen molar-refractivity contribution in [1.82, 2.24) is 0 Å². The molecule has 0 fully saturated rings. The predicted molar refractivity (Wildman–Crippen MR) is 86.4 cm³/mol. The van der Waals surface area contributed by atoms with Crippen LogP contribution in [0.3, 0.4) is 0 Å². The molecule has 0 saturated carbocycles. The number of rotatable bonds is 6. The van der Waals surface area contributed by atoms with Crippen LogP contribution in [-0.2, 0) is 19.7 Å². The monoisotopic (exact) mass is 342 g/mol. The van der Waals surface area contributed by atoms with Gasteiger partial charge in [-0.05, 0) is 48.5 Å². The van der Waals surface area contributed by atoms with E-state index in [1.54, 1.807) is 62.8 Å². The molecule has 0 bridgehead atoms. The van der Waals surface area contributed by atoms with Crippen molar-refractivity contribution in [2.45, 2.75) is 9.79 Å². The van der Waals surface area contributed by atoms with Gasteiger partial charge in [-0.25, -0.2) is 8.42 Å². The van der Waals surface area contributed by atoms with Gasteiger partial charge in [-0.3, -0.25) is 0 Å². The molecule has 0 aromatic heterocycles. The Labute approximate surface area is 131 Å². The van der Waals surface area contributed by atoms with Crippen molar-refractivity contribution >= 4 is 29.5 Å². The molecule has 4 nitrogen and oxygen atoms in total. The van der Waals surface area contributed by atoms with Crippen LogP contribution in [-0.4, -0.2) is 22.6 Å². The van der Waals surface area contributed by atoms with Crippen molar-refractivity contribution in [2.24, 2.45) is 0 Å². The highest BCUT2D eigenvalue weighted by atomic mass is 33.5. The average Bonchev–Trinajstić information content (AvgIpc) is 2.55. The molecule has 7 heteroatoms. The maximum atomic E-state index is 12.2. The Morgan fingerprint density at radius 2 is 1.05 bits per heavy atom. The van der Waals surface area contributed by atoms with Gasteiger partial charge >= 0.3 is 0 Å². The molecule has 0 amide bonds. The molecular weight excluding hydrogens is 328 g/mol. The molecule has 0 spiro atoms. The Morgan fingerprint density at radius 1 is 0.714 bits per heavy atom. The summed E-state index contributed by atoms with van der Waals surface area (Å²) in [4.78, 5) is 1.20. The third-order valence-electron chi connectivity index (χ3n) is 2.63. The van der Waals surface area contributed by atoms with Crippen molar-refractivity contribution in [3.63, 3.8) is 0 Å². The van der Waals surface area contributed by atoms with Crippen molar-refractivity contribution in [3.8, 4) is 11.5 Å². The zero-order valence-electron chi connectivity index (χ0n) is 11.5. The minimum absolute atomic E-state index is 0.600. The summed E-state index contributed by atoms with van der Waals surface area (Å²) < 4.78 is 34.4. The number of benzene rings is 2. The van der Waals surface area contributed by atoms with Crippen LogP contribution >= 0.6 is 9.83 Å². The van der Waals surface area contributed by atoms with Crippen LogP contribution in [0.25, 0.3) is 0 Å². The molecule has 0 radical (unpaired) electrons. The van der Waals surface area contributed by atoms with E-state index in [1.807, 2.05) is 0 Å². The second kappa shape index (κ2) is 7.63. The van der Waals surface area contributed by atoms with Crippen LogP contribution in [0.15, 0.2) is 58.3 Å². The van der Waals surface area contributed by atoms with E-state index in [1.165, 1.54) is 0 Å². The Bertz CT molecular complexity index is 581. The number of hydrogen-bond acceptors (Lipinski definition) is 5. The summed E-state index contributed by atoms with van der Waals surface area (Å²) in [7, 11) is 1.23. The van der Waals surface area contributed by atoms with Gasteiger partial charge in [0.15, 0.2) is 0 Å². The number of methoxy groups -OCH3 is 2. The van der Waals surface area contributed by atoms with E-state index < -0.39 is 19.7 Å². The van der Waals surface area contributed by atoms with Crippen LogP contribution in [0.1, 0.15) is 0 Å². The molecule has 0 aliphatic rings. The first kappa shape index (κ1) is 16.1. The van der Waals surface area contributed by atoms with Gasteiger partial charge in [0, 0.05) is 0 Å². The molecule has 0 aliphatic heterocycles. The Kier molecular flexibility index (Phi) is 5.84. The molecule has 21 heavy (non-hydrogen) atoms. The van der Waals surface area contributed by atoms with Gasteiger partial charge < -0.3 is 9.47 Å². The summed E-state index contributed by atoms with van der Waals surface area (Å²) in [5, 5.41) is 0. The minimum atomic E-state index is -1.40. The third-order valence-corrected chi connectivity index (χ3v) is 8.31. The van der Waals surface area contributed by atoms with Crippen LogP contribution in [0.5, 0.6) is 11.5 Å². The summed E-state index contributed by atoms with van der Waals surface area (Å²) >= 11 is 0. The predicted octanol–water partition coefficient (Wildman–Crippen LogP) is 3.18. The topological polar surface area (TPSA) is 52.6 Å². The lowest BCUT2D eigenvalue weighted by molar-refractivity contribution is 0.414. The minimum Gasteiger partial charge on any atom is -0.497 e. The number of ether oxygens (including phenoxy) is 2. The van der Waals surface area contributed by atoms with E-state index in [0.717, 1.165) is 9.83 Å². The van der Waals surface area contributed by atoms with Gasteiger partial charge in [0.25, 0.3) is 0 Å². The van der Waals surface area contributed by atoms with E-state index in [0.29, 0.717) is 21.3 Å². The first-order valence-corrected chi connectivity index (χ1v) is 10.1. The first-order valence-electron chi connectivity index (χ1n) is 5.94. The fourth-order valence-corrected chi connectivity index (χ4v) is 6.39. The van der Waals surface area contributed by atoms with E-state index in [-0.39, 0.29) is 0 Å². The highest BCUT2D eigenvalue weighted by molar-refractivity contribution is 9.01. The lowest BCUT2D eigenvalue weighted by atomic mass is 10.3. The second-order valence-corrected chi connectivity index (χ2v) is 9.36. The third kappa shape index (κ3) is 4.33. The molecule has 2 unspecified atom stereocenters. The second-order valence-electron chi connectivity index (χ2n) is 3.89. The van der Waals surface area contributed by atoms with Crippen molar-refractivity contribution in [3.05, 3.63) is 48.5 Å². The Balaban J connectivity index is 2.05. The fourth-order valence-electron chi connectivity index (χ4n) is 1.51. The van der Waals surface area contributed by atoms with Crippen molar-refractivity contribution in [2.75, 3.05) is 14.2 Å². The van der Waals surface area contributed by atoms with Gasteiger partial charge in [-0.15, -0.1) is 0 Å². The molecular formula is C14H14O4S3. The molecule has 0 saturated heterocycles. The molecule has 0 N–H and O–H groups in total. The summed E-state index contributed by atoms with van der Waals surface area (Å²) in [6.07, 6.45) is 0. The molecule has 112 valence electrons. The number of hydrogen-bond donors (Lipinski definition) is 0. The van der Waals surface area contributed by atoms with Gasteiger partial charge in [0.05, 0.1) is 33.8 Å². The molecule has 0 heterocycles. The van der Waals surface area contributed by atoms with E-state index in [2.05, 4.69) is 0 Å². The molecule has 2 aromatic carbocycles. The van der Waals surface area contributed by atoms with Gasteiger partial charge in [0.1, 0.15) is 31.2 Å². The first-order chi connectivity index (χ1) is 10.1. The highest BCUT2D eigenvalue weighted by Gasteiger charge is 2.12. The van der Waals surface area contributed by atoms with Crippen molar-refractivity contribution < 1.29 is 17.9 Å². The Hall–Kier alpha value is -1.31. The lowest BCUT2D eigenvalue weighted by Crippen LogP contribution is -1.92. The van der Waals surface area contributed by atoms with Gasteiger partial charge in [-0.1, -0.05) is 0 Å². The van der Waals surface area contributed by atoms with Crippen LogP contribution in [0.4, 0.5) is 0 Å². The average molecular weight is 342 g/mol. The van der Waals surface area contributed by atoms with Crippen molar-refractivity contribution in [1.29, 1.82) is 0 Å². The summed E-state index contributed by atoms with van der Waals surface area (Å²) in [5.41, 5.74) is 0. The summed E-state index contributed by atoms with van der Waals surface area (Å²) in [6.45, 7) is 0. The Morgan fingerprint density at radius 3 is 1.33 bits per heavy atom. The lowest BCUT2D eigenvalue weighted by Gasteiger charge is -2.04. The van der Waals surface area contributed by atoms with Crippen LogP contribution in [0, 0.1) is 0 Å². The molecule has 2 rings (SSSR count). The van der Waals surface area contributed by atoms with E-state index >= 15 is 0 Å². The van der Waals surface area contributed by atoms with Crippen LogP contribution in [0.2, 0.25) is 0 Å². The van der Waals surface area contributed by atoms with Crippen LogP contribution < -0.4 is 9.47 Å². The van der Waals surface area contributed by atoms with E-state index in [9.17, 15) is 8.42 Å². The highest BCUT2D eigenvalue weighted by Crippen LogP contribution is 2.28. The zero-order chi connectivity index (χ0) is 15.2. The zero-order valence-corrected chi connectivity index (χ0v) is 13.9. The fraction of sp³-hybridized carbons (Fsp3) is 0.143. The largest absolute Gasteiger partial charge is 0.497 e. The van der Waals surface area contributed by atoms with E-state index in [4.69, 9.17) is 9.47 Å². The standard InChI is InChI=1S/C14H14O4S3/c1-17-11-3-7-13(8-4-11)20(15)19-21(16)14-9-5-12(18-2)6-10-14/h3-10H,1-2H3. The maximum absolute atomic E-state index is 12.2. The maximum Gasteiger partial charge on any atom is 0.126 e. The quantitative estimate of drug-likeness (QED) is 0.755. The SMILES string of the molecule is COc1ccc(S(=O)SS(=O)c2ccc(OC)cc2)cc1. The normalized spacial score (nSPS) is 13.4. The smallest absolute Gasteiger partial charge is 0.126 e. The molecule has 2 aromatic rings. The van der Waals surface area contributed by atoms with Gasteiger partial charge in [0.2, 0.25) is 0 Å². The summed E-state index contributed by atoms with van der Waals surface area (Å²) in [5.74, 6) is 1.38. The summed E-state index contributed by atoms with van der Waals surface area (Å²) in [6, 6.07) is 13.7. The van der Waals surface area contributed by atoms with Gasteiger partial charge in [-0.2, -0.15) is 0 Å².